The van der Waals surface area contributed by atoms with Gasteiger partial charge in [0.05, 0.1) is 23.3 Å². The Morgan fingerprint density at radius 2 is 2.06 bits per heavy atom. The number of carbonyl (C=O) groups excluding carboxylic acids is 2. The van der Waals surface area contributed by atoms with E-state index >= 15 is 0 Å². The lowest BCUT2D eigenvalue weighted by Gasteiger charge is -2.20. The van der Waals surface area contributed by atoms with Crippen LogP contribution in [0.1, 0.15) is 68.7 Å². The average molecular weight is 434 g/mol. The van der Waals surface area contributed by atoms with Gasteiger partial charge in [-0.2, -0.15) is 5.26 Å². The van der Waals surface area contributed by atoms with Crippen LogP contribution >= 0.6 is 11.8 Å². The third-order valence-corrected chi connectivity index (χ3v) is 6.70. The number of fused-ring (bicyclic) bond motifs is 1. The number of nitrogens with one attached hydrogen (secondary N) is 1. The normalized spacial score (nSPS) is 13.0. The highest BCUT2D eigenvalue weighted by Gasteiger charge is 2.26. The van der Waals surface area contributed by atoms with Crippen molar-refractivity contribution < 1.29 is 14.0 Å². The maximum atomic E-state index is 12.9. The number of aryl methyl sites for hydroxylation is 2. The lowest BCUT2D eigenvalue weighted by Crippen LogP contribution is -2.11. The molecule has 0 spiro atoms. The van der Waals surface area contributed by atoms with Crippen LogP contribution in [0.5, 0.6) is 0 Å². The highest BCUT2D eigenvalue weighted by molar-refractivity contribution is 8.00. The lowest BCUT2D eigenvalue weighted by molar-refractivity contribution is 0.101. The number of rotatable bonds is 6. The van der Waals surface area contributed by atoms with E-state index in [1.54, 1.807) is 20.1 Å². The summed E-state index contributed by atoms with van der Waals surface area (Å²) in [5.41, 5.74) is 5.70. The Balaban J connectivity index is 1.69. The number of furan rings is 1. The molecule has 0 aliphatic heterocycles. The monoisotopic (exact) mass is 433 g/mol. The minimum Gasteiger partial charge on any atom is -0.464 e. The first-order chi connectivity index (χ1) is 14.9. The van der Waals surface area contributed by atoms with Crippen LogP contribution in [0.25, 0.3) is 11.3 Å². The molecule has 1 N–H and O–H groups in total. The van der Waals surface area contributed by atoms with Crippen molar-refractivity contribution in [2.45, 2.75) is 51.5 Å². The fourth-order valence-corrected chi connectivity index (χ4v) is 5.26. The Hall–Kier alpha value is -3.11. The highest BCUT2D eigenvalue weighted by Crippen LogP contribution is 2.38. The predicted octanol–water partition coefficient (Wildman–Crippen LogP) is 5.21. The summed E-state index contributed by atoms with van der Waals surface area (Å²) >= 11 is 1.26. The maximum Gasteiger partial charge on any atom is 0.189 e. The van der Waals surface area contributed by atoms with Gasteiger partial charge in [0.2, 0.25) is 0 Å². The molecular weight excluding hydrogens is 410 g/mol. The zero-order valence-corrected chi connectivity index (χ0v) is 18.6. The molecule has 1 aliphatic carbocycles. The molecule has 0 atom stereocenters. The summed E-state index contributed by atoms with van der Waals surface area (Å²) in [6.45, 7) is 5.08. The van der Waals surface area contributed by atoms with Gasteiger partial charge in [-0.3, -0.25) is 9.59 Å². The van der Waals surface area contributed by atoms with Crippen molar-refractivity contribution in [1.29, 1.82) is 5.26 Å². The van der Waals surface area contributed by atoms with Gasteiger partial charge in [0.1, 0.15) is 16.9 Å². The first-order valence-corrected chi connectivity index (χ1v) is 11.3. The molecule has 0 saturated carbocycles. The second-order valence-corrected chi connectivity index (χ2v) is 8.75. The fraction of sp³-hybridized carbons (Fsp3) is 0.333. The molecule has 0 saturated heterocycles. The minimum absolute atomic E-state index is 0.0656. The van der Waals surface area contributed by atoms with Crippen LogP contribution < -0.4 is 0 Å². The van der Waals surface area contributed by atoms with E-state index in [9.17, 15) is 14.9 Å². The van der Waals surface area contributed by atoms with Gasteiger partial charge in [-0.1, -0.05) is 11.8 Å². The third kappa shape index (κ3) is 3.84. The van der Waals surface area contributed by atoms with Crippen molar-refractivity contribution in [3.8, 4) is 17.4 Å². The van der Waals surface area contributed by atoms with E-state index in [-0.39, 0.29) is 17.3 Å². The Morgan fingerprint density at radius 3 is 2.71 bits per heavy atom. The van der Waals surface area contributed by atoms with Crippen molar-refractivity contribution in [3.05, 3.63) is 57.7 Å². The number of hydrogen-bond donors (Lipinski definition) is 1. The van der Waals surface area contributed by atoms with Gasteiger partial charge in [0, 0.05) is 22.5 Å². The summed E-state index contributed by atoms with van der Waals surface area (Å²) in [6.07, 6.45) is 5.44. The predicted molar refractivity (Wildman–Crippen MR) is 119 cm³/mol. The van der Waals surface area contributed by atoms with Crippen LogP contribution in [0, 0.1) is 25.2 Å². The molecule has 1 aliphatic rings. The average Bonchev–Trinajstić information content (AvgIpc) is 3.38. The molecule has 0 amide bonds. The molecule has 6 nitrogen and oxygen atoms in total. The Kier molecular flexibility index (Phi) is 5.84. The van der Waals surface area contributed by atoms with Crippen LogP contribution in [0.3, 0.4) is 0 Å². The van der Waals surface area contributed by atoms with Gasteiger partial charge in [0.15, 0.2) is 11.6 Å². The number of carbonyl (C=O) groups is 2. The maximum absolute atomic E-state index is 12.9. The van der Waals surface area contributed by atoms with Gasteiger partial charge >= 0.3 is 0 Å². The standard InChI is InChI=1S/C24H23N3O3S/c1-13-21(15(3)28)14(2)26-23(13)19(29)12-31-24-17(11-25)22(20-9-6-10-30-20)16-7-4-5-8-18(16)27-24/h6,9-10,26H,4-5,7-8,12H2,1-3H3. The Morgan fingerprint density at radius 1 is 1.29 bits per heavy atom. The highest BCUT2D eigenvalue weighted by atomic mass is 32.2. The third-order valence-electron chi connectivity index (χ3n) is 5.73. The summed E-state index contributed by atoms with van der Waals surface area (Å²) in [5, 5.41) is 10.5. The number of pyridine rings is 1. The SMILES string of the molecule is CC(=O)c1c(C)[nH]c(C(=O)CSc2nc3c(c(-c4ccco4)c2C#N)CCCC3)c1C. The van der Waals surface area contributed by atoms with Gasteiger partial charge in [-0.05, 0) is 69.7 Å². The number of nitriles is 1. The number of hydrogen-bond acceptors (Lipinski definition) is 6. The summed E-state index contributed by atoms with van der Waals surface area (Å²) < 4.78 is 5.64. The number of thioether (sulfide) groups is 1. The summed E-state index contributed by atoms with van der Waals surface area (Å²) in [7, 11) is 0. The van der Waals surface area contributed by atoms with Crippen molar-refractivity contribution in [1.82, 2.24) is 9.97 Å². The molecule has 7 heteroatoms. The van der Waals surface area contributed by atoms with Crippen molar-refractivity contribution >= 4 is 23.3 Å². The number of aromatic amines is 1. The second-order valence-electron chi connectivity index (χ2n) is 7.78. The van der Waals surface area contributed by atoms with Gasteiger partial charge in [-0.15, -0.1) is 0 Å². The van der Waals surface area contributed by atoms with E-state index in [1.165, 1.54) is 18.7 Å². The van der Waals surface area contributed by atoms with E-state index < -0.39 is 0 Å². The molecule has 0 fully saturated rings. The molecule has 0 radical (unpaired) electrons. The fourth-order valence-electron chi connectivity index (χ4n) is 4.38. The smallest absolute Gasteiger partial charge is 0.189 e. The molecule has 158 valence electrons. The number of aromatic nitrogens is 2. The largest absolute Gasteiger partial charge is 0.464 e. The van der Waals surface area contributed by atoms with Gasteiger partial charge in [-0.25, -0.2) is 4.98 Å². The van der Waals surface area contributed by atoms with E-state index in [0.29, 0.717) is 38.9 Å². The van der Waals surface area contributed by atoms with E-state index in [2.05, 4.69) is 11.1 Å². The topological polar surface area (TPSA) is 99.8 Å². The molecule has 0 unspecified atom stereocenters. The van der Waals surface area contributed by atoms with Gasteiger partial charge < -0.3 is 9.40 Å². The summed E-state index contributed by atoms with van der Waals surface area (Å²) in [4.78, 5) is 32.7. The molecule has 3 aromatic rings. The molecule has 3 heterocycles. The zero-order chi connectivity index (χ0) is 22.1. The van der Waals surface area contributed by atoms with Crippen LogP contribution in [-0.2, 0) is 12.8 Å². The van der Waals surface area contributed by atoms with Crippen LogP contribution in [0.15, 0.2) is 27.8 Å². The zero-order valence-electron chi connectivity index (χ0n) is 17.8. The molecular formula is C24H23N3O3S. The van der Waals surface area contributed by atoms with Crippen molar-refractivity contribution in [2.75, 3.05) is 5.75 Å². The van der Waals surface area contributed by atoms with E-state index in [0.717, 1.165) is 42.5 Å². The Labute approximate surface area is 185 Å². The van der Waals surface area contributed by atoms with E-state index in [4.69, 9.17) is 9.40 Å². The molecule has 0 bridgehead atoms. The minimum atomic E-state index is -0.124. The number of Topliss-reactive ketones (excluding diaryl/α,β-unsaturated/α-hetero) is 2. The lowest BCUT2D eigenvalue weighted by atomic mass is 9.89. The second kappa shape index (κ2) is 8.56. The van der Waals surface area contributed by atoms with Crippen LogP contribution in [0.4, 0.5) is 0 Å². The first-order valence-electron chi connectivity index (χ1n) is 10.3. The van der Waals surface area contributed by atoms with Crippen LogP contribution in [0.2, 0.25) is 0 Å². The molecule has 4 rings (SSSR count). The quantitative estimate of drug-likeness (QED) is 0.423. The number of ketones is 2. The Bertz CT molecular complexity index is 1220. The number of nitrogens with zero attached hydrogens (tertiary/aromatic N) is 2. The molecule has 0 aromatic carbocycles. The van der Waals surface area contributed by atoms with Crippen molar-refractivity contribution in [3.63, 3.8) is 0 Å². The molecule has 31 heavy (non-hydrogen) atoms. The van der Waals surface area contributed by atoms with E-state index in [1.807, 2.05) is 12.1 Å². The molecule has 3 aromatic heterocycles. The van der Waals surface area contributed by atoms with Crippen LogP contribution in [-0.4, -0.2) is 27.3 Å². The van der Waals surface area contributed by atoms with Gasteiger partial charge in [0.25, 0.3) is 0 Å². The summed E-state index contributed by atoms with van der Waals surface area (Å²) in [5.74, 6) is 0.591. The first kappa shape index (κ1) is 21.1. The van der Waals surface area contributed by atoms with Crippen molar-refractivity contribution in [2.24, 2.45) is 0 Å². The number of H-pyrrole nitrogens is 1. The summed E-state index contributed by atoms with van der Waals surface area (Å²) in [6, 6.07) is 5.97.